The average molecular weight is 310 g/mol. The summed E-state index contributed by atoms with van der Waals surface area (Å²) in [5.74, 6) is 0.844. The first-order valence-corrected chi connectivity index (χ1v) is 7.46. The molecule has 0 aromatic heterocycles. The van der Waals surface area contributed by atoms with E-state index < -0.39 is 5.97 Å². The van der Waals surface area contributed by atoms with Gasteiger partial charge in [0, 0.05) is 12.0 Å². The van der Waals surface area contributed by atoms with Crippen LogP contribution in [0.15, 0.2) is 49.0 Å². The molecule has 0 N–H and O–H groups in total. The van der Waals surface area contributed by atoms with Crippen molar-refractivity contribution in [1.29, 1.82) is 0 Å². The van der Waals surface area contributed by atoms with E-state index in [1.807, 2.05) is 30.3 Å². The molecule has 0 aliphatic carbocycles. The van der Waals surface area contributed by atoms with Crippen LogP contribution in [0.25, 0.3) is 6.08 Å². The third-order valence-corrected chi connectivity index (χ3v) is 3.83. The molecule has 4 nitrogen and oxygen atoms in total. The summed E-state index contributed by atoms with van der Waals surface area (Å²) in [6.07, 6.45) is 2.00. The van der Waals surface area contributed by atoms with Crippen LogP contribution in [-0.2, 0) is 4.74 Å². The summed E-state index contributed by atoms with van der Waals surface area (Å²) in [6.45, 7) is 4.25. The van der Waals surface area contributed by atoms with Gasteiger partial charge in [-0.3, -0.25) is 0 Å². The van der Waals surface area contributed by atoms with Gasteiger partial charge in [0.15, 0.2) is 0 Å². The van der Waals surface area contributed by atoms with Crippen LogP contribution in [0.5, 0.6) is 11.5 Å². The van der Waals surface area contributed by atoms with Crippen molar-refractivity contribution in [2.45, 2.75) is 12.5 Å². The number of para-hydroxylation sites is 1. The van der Waals surface area contributed by atoms with Gasteiger partial charge in [-0.2, -0.15) is 0 Å². The zero-order chi connectivity index (χ0) is 16.2. The van der Waals surface area contributed by atoms with Crippen LogP contribution in [0, 0.1) is 0 Å². The lowest BCUT2D eigenvalue weighted by Crippen LogP contribution is -2.20. The molecule has 1 atom stereocenters. The Hall–Kier alpha value is -2.75. The zero-order valence-corrected chi connectivity index (χ0v) is 13.0. The maximum Gasteiger partial charge on any atom is 0.342 e. The highest BCUT2D eigenvalue weighted by molar-refractivity contribution is 5.93. The van der Waals surface area contributed by atoms with Gasteiger partial charge in [-0.15, -0.1) is 0 Å². The van der Waals surface area contributed by atoms with Crippen LogP contribution < -0.4 is 9.47 Å². The fourth-order valence-electron chi connectivity index (χ4n) is 2.64. The highest BCUT2D eigenvalue weighted by atomic mass is 16.6. The predicted molar refractivity (Wildman–Crippen MR) is 87.8 cm³/mol. The van der Waals surface area contributed by atoms with Gasteiger partial charge in [0.2, 0.25) is 0 Å². The molecule has 0 saturated heterocycles. The van der Waals surface area contributed by atoms with Gasteiger partial charge >= 0.3 is 5.97 Å². The molecule has 1 unspecified atom stereocenters. The van der Waals surface area contributed by atoms with Crippen LogP contribution in [0.1, 0.15) is 34.0 Å². The molecule has 1 aliphatic rings. The maximum atomic E-state index is 12.6. The predicted octanol–water partition coefficient (Wildman–Crippen LogP) is 4.02. The van der Waals surface area contributed by atoms with E-state index in [0.717, 1.165) is 16.9 Å². The first-order valence-electron chi connectivity index (χ1n) is 7.46. The van der Waals surface area contributed by atoms with E-state index in [-0.39, 0.29) is 6.10 Å². The van der Waals surface area contributed by atoms with E-state index >= 15 is 0 Å². The molecule has 2 aromatic rings. The van der Waals surface area contributed by atoms with Gasteiger partial charge in [0.05, 0.1) is 13.7 Å². The number of fused-ring (bicyclic) bond motifs is 1. The minimum Gasteiger partial charge on any atom is -0.496 e. The summed E-state index contributed by atoms with van der Waals surface area (Å²) in [5, 5.41) is 0. The number of carbonyl (C=O) groups excluding carboxylic acids is 1. The Morgan fingerprint density at radius 3 is 2.91 bits per heavy atom. The summed E-state index contributed by atoms with van der Waals surface area (Å²) in [7, 11) is 1.53. The minimum atomic E-state index is -0.410. The third kappa shape index (κ3) is 3.06. The maximum absolute atomic E-state index is 12.6. The van der Waals surface area contributed by atoms with Gasteiger partial charge in [-0.25, -0.2) is 4.79 Å². The Morgan fingerprint density at radius 1 is 1.30 bits per heavy atom. The molecular formula is C19H18O4. The second-order valence-corrected chi connectivity index (χ2v) is 5.23. The number of ether oxygens (including phenoxy) is 3. The molecule has 2 aromatic carbocycles. The van der Waals surface area contributed by atoms with Crippen molar-refractivity contribution in [3.05, 3.63) is 65.7 Å². The van der Waals surface area contributed by atoms with Gasteiger partial charge in [0.25, 0.3) is 0 Å². The van der Waals surface area contributed by atoms with Crippen LogP contribution in [0.2, 0.25) is 0 Å². The second kappa shape index (κ2) is 6.57. The Labute approximate surface area is 135 Å². The molecule has 0 spiro atoms. The summed E-state index contributed by atoms with van der Waals surface area (Å²) in [4.78, 5) is 12.6. The van der Waals surface area contributed by atoms with E-state index in [9.17, 15) is 4.79 Å². The summed E-state index contributed by atoms with van der Waals surface area (Å²) >= 11 is 0. The Bertz CT molecular complexity index is 736. The van der Waals surface area contributed by atoms with Crippen molar-refractivity contribution in [2.75, 3.05) is 13.7 Å². The van der Waals surface area contributed by atoms with Gasteiger partial charge < -0.3 is 14.2 Å². The topological polar surface area (TPSA) is 44.8 Å². The molecule has 0 radical (unpaired) electrons. The first-order chi connectivity index (χ1) is 11.2. The van der Waals surface area contributed by atoms with Crippen molar-refractivity contribution in [1.82, 2.24) is 0 Å². The smallest absolute Gasteiger partial charge is 0.342 e. The number of methoxy groups -OCH3 is 1. The van der Waals surface area contributed by atoms with Gasteiger partial charge in [-0.05, 0) is 23.8 Å². The lowest BCUT2D eigenvalue weighted by atomic mass is 10.0. The van der Waals surface area contributed by atoms with Gasteiger partial charge in [0.1, 0.15) is 23.2 Å². The molecule has 3 rings (SSSR count). The Morgan fingerprint density at radius 2 is 2.13 bits per heavy atom. The number of carbonyl (C=O) groups is 1. The standard InChI is InChI=1S/C19H18O4/c1-3-13-8-9-16(21-2)15(12-13)19(20)23-18-10-11-22-17-7-5-4-6-14(17)18/h3-9,12,18H,1,10-11H2,2H3. The number of rotatable bonds is 4. The zero-order valence-electron chi connectivity index (χ0n) is 13.0. The Kier molecular flexibility index (Phi) is 4.33. The monoisotopic (exact) mass is 310 g/mol. The summed E-state index contributed by atoms with van der Waals surface area (Å²) < 4.78 is 16.6. The summed E-state index contributed by atoms with van der Waals surface area (Å²) in [6, 6.07) is 12.9. The number of benzene rings is 2. The average Bonchev–Trinajstić information content (AvgIpc) is 2.61. The molecule has 1 heterocycles. The second-order valence-electron chi connectivity index (χ2n) is 5.23. The van der Waals surface area contributed by atoms with Crippen LogP contribution in [0.3, 0.4) is 0 Å². The van der Waals surface area contributed by atoms with E-state index in [1.165, 1.54) is 7.11 Å². The van der Waals surface area contributed by atoms with Crippen molar-refractivity contribution < 1.29 is 19.0 Å². The third-order valence-electron chi connectivity index (χ3n) is 3.83. The normalized spacial score (nSPS) is 16.0. The number of hydrogen-bond acceptors (Lipinski definition) is 4. The van der Waals surface area contributed by atoms with Crippen LogP contribution in [-0.4, -0.2) is 19.7 Å². The molecule has 0 saturated carbocycles. The van der Waals surface area contributed by atoms with Crippen molar-refractivity contribution in [3.8, 4) is 11.5 Å². The fraction of sp³-hybridized carbons (Fsp3) is 0.211. The first kappa shape index (κ1) is 15.2. The lowest BCUT2D eigenvalue weighted by molar-refractivity contribution is 0.0190. The molecule has 0 bridgehead atoms. The SMILES string of the molecule is C=Cc1ccc(OC)c(C(=O)OC2CCOc3ccccc32)c1. The number of esters is 1. The summed E-state index contributed by atoms with van der Waals surface area (Å²) in [5.41, 5.74) is 2.13. The molecule has 0 fully saturated rings. The minimum absolute atomic E-state index is 0.315. The van der Waals surface area contributed by atoms with Gasteiger partial charge in [-0.1, -0.05) is 36.9 Å². The molecule has 23 heavy (non-hydrogen) atoms. The highest BCUT2D eigenvalue weighted by Crippen LogP contribution is 2.35. The molecular weight excluding hydrogens is 292 g/mol. The van der Waals surface area contributed by atoms with Crippen LogP contribution in [0.4, 0.5) is 0 Å². The molecule has 4 heteroatoms. The van der Waals surface area contributed by atoms with E-state index in [1.54, 1.807) is 18.2 Å². The number of hydrogen-bond donors (Lipinski definition) is 0. The largest absolute Gasteiger partial charge is 0.496 e. The Balaban J connectivity index is 1.87. The quantitative estimate of drug-likeness (QED) is 0.800. The molecule has 0 amide bonds. The van der Waals surface area contributed by atoms with E-state index in [4.69, 9.17) is 14.2 Å². The van der Waals surface area contributed by atoms with Crippen molar-refractivity contribution in [3.63, 3.8) is 0 Å². The van der Waals surface area contributed by atoms with Crippen molar-refractivity contribution in [2.24, 2.45) is 0 Å². The van der Waals surface area contributed by atoms with Crippen molar-refractivity contribution >= 4 is 12.0 Å². The lowest BCUT2D eigenvalue weighted by Gasteiger charge is -2.26. The van der Waals surface area contributed by atoms with Crippen LogP contribution >= 0.6 is 0 Å². The van der Waals surface area contributed by atoms with E-state index in [2.05, 4.69) is 6.58 Å². The van der Waals surface area contributed by atoms with E-state index in [0.29, 0.717) is 24.3 Å². The fourth-order valence-corrected chi connectivity index (χ4v) is 2.64. The highest BCUT2D eigenvalue weighted by Gasteiger charge is 2.26. The molecule has 1 aliphatic heterocycles. The molecule has 118 valence electrons.